The van der Waals surface area contributed by atoms with Crippen molar-refractivity contribution < 1.29 is 0 Å². The summed E-state index contributed by atoms with van der Waals surface area (Å²) < 4.78 is 0. The Labute approximate surface area is 113 Å². The number of hydrogen-bond acceptors (Lipinski definition) is 2. The van der Waals surface area contributed by atoms with Gasteiger partial charge in [0.1, 0.15) is 0 Å². The fourth-order valence-corrected chi connectivity index (χ4v) is 4.51. The van der Waals surface area contributed by atoms with Gasteiger partial charge in [-0.05, 0) is 57.2 Å². The molecule has 2 heterocycles. The number of hydrogen-bond donors (Lipinski definition) is 1. The first kappa shape index (κ1) is 12.9. The Kier molecular flexibility index (Phi) is 4.58. The van der Waals surface area contributed by atoms with E-state index in [0.717, 1.165) is 17.9 Å². The van der Waals surface area contributed by atoms with Gasteiger partial charge in [0.2, 0.25) is 0 Å². The van der Waals surface area contributed by atoms with Crippen molar-refractivity contribution in [2.45, 2.75) is 63.8 Å². The number of piperidine rings is 2. The highest BCUT2D eigenvalue weighted by molar-refractivity contribution is 4.85. The zero-order valence-corrected chi connectivity index (χ0v) is 11.9. The molecule has 2 nitrogen and oxygen atoms in total. The second kappa shape index (κ2) is 6.38. The summed E-state index contributed by atoms with van der Waals surface area (Å²) in [6.45, 7) is 5.25. The molecule has 2 saturated heterocycles. The van der Waals surface area contributed by atoms with E-state index in [2.05, 4.69) is 10.2 Å². The van der Waals surface area contributed by atoms with Gasteiger partial charge in [-0.3, -0.25) is 4.90 Å². The maximum Gasteiger partial charge on any atom is 0.0221 e. The van der Waals surface area contributed by atoms with Crippen LogP contribution in [0.15, 0.2) is 0 Å². The summed E-state index contributed by atoms with van der Waals surface area (Å²) >= 11 is 0. The summed E-state index contributed by atoms with van der Waals surface area (Å²) in [4.78, 5) is 2.78. The Bertz CT molecular complexity index is 207. The first-order valence-corrected chi connectivity index (χ1v) is 8.38. The minimum Gasteiger partial charge on any atom is -0.315 e. The average Bonchev–Trinajstić information content (AvgIpc) is 2.49. The monoisotopic (exact) mass is 250 g/mol. The largest absolute Gasteiger partial charge is 0.315 e. The molecule has 1 N–H and O–H groups in total. The van der Waals surface area contributed by atoms with Crippen molar-refractivity contribution in [1.82, 2.24) is 10.2 Å². The highest BCUT2D eigenvalue weighted by Gasteiger charge is 2.30. The SMILES string of the molecule is C1CCC(C2CCN(C3CCCNC3)CC2)CC1. The third-order valence-electron chi connectivity index (χ3n) is 5.68. The fourth-order valence-electron chi connectivity index (χ4n) is 4.51. The summed E-state index contributed by atoms with van der Waals surface area (Å²) in [5, 5.41) is 3.57. The van der Waals surface area contributed by atoms with Crippen LogP contribution in [0.25, 0.3) is 0 Å². The van der Waals surface area contributed by atoms with E-state index in [-0.39, 0.29) is 0 Å². The van der Waals surface area contributed by atoms with E-state index in [4.69, 9.17) is 0 Å². The van der Waals surface area contributed by atoms with E-state index in [9.17, 15) is 0 Å². The molecule has 0 aromatic carbocycles. The van der Waals surface area contributed by atoms with Gasteiger partial charge in [-0.15, -0.1) is 0 Å². The van der Waals surface area contributed by atoms with E-state index in [0.29, 0.717) is 0 Å². The Morgan fingerprint density at radius 2 is 1.44 bits per heavy atom. The third-order valence-corrected chi connectivity index (χ3v) is 5.68. The van der Waals surface area contributed by atoms with Crippen molar-refractivity contribution in [2.75, 3.05) is 26.2 Å². The highest BCUT2D eigenvalue weighted by atomic mass is 15.2. The van der Waals surface area contributed by atoms with Crippen LogP contribution in [0.2, 0.25) is 0 Å². The molecule has 0 spiro atoms. The molecule has 0 radical (unpaired) electrons. The molecule has 0 aromatic heterocycles. The van der Waals surface area contributed by atoms with E-state index < -0.39 is 0 Å². The van der Waals surface area contributed by atoms with Crippen molar-refractivity contribution in [3.8, 4) is 0 Å². The number of likely N-dealkylation sites (tertiary alicyclic amines) is 1. The normalized spacial score (nSPS) is 33.7. The average molecular weight is 250 g/mol. The van der Waals surface area contributed by atoms with Gasteiger partial charge < -0.3 is 5.32 Å². The Morgan fingerprint density at radius 1 is 0.722 bits per heavy atom. The van der Waals surface area contributed by atoms with Crippen molar-refractivity contribution in [3.63, 3.8) is 0 Å². The topological polar surface area (TPSA) is 15.3 Å². The minimum absolute atomic E-state index is 0.853. The minimum atomic E-state index is 0.853. The van der Waals surface area contributed by atoms with E-state index in [1.54, 1.807) is 0 Å². The van der Waals surface area contributed by atoms with Gasteiger partial charge in [-0.2, -0.15) is 0 Å². The van der Waals surface area contributed by atoms with Gasteiger partial charge in [-0.1, -0.05) is 32.1 Å². The van der Waals surface area contributed by atoms with Gasteiger partial charge in [0.05, 0.1) is 0 Å². The Balaban J connectivity index is 1.45. The lowest BCUT2D eigenvalue weighted by molar-refractivity contribution is 0.0839. The van der Waals surface area contributed by atoms with Gasteiger partial charge in [-0.25, -0.2) is 0 Å². The molecule has 1 aliphatic carbocycles. The van der Waals surface area contributed by atoms with Crippen LogP contribution in [0, 0.1) is 11.8 Å². The highest BCUT2D eigenvalue weighted by Crippen LogP contribution is 2.36. The van der Waals surface area contributed by atoms with Gasteiger partial charge in [0, 0.05) is 12.6 Å². The molecule has 3 aliphatic rings. The molecule has 2 aliphatic heterocycles. The molecule has 0 amide bonds. The predicted molar refractivity (Wildman–Crippen MR) is 76.8 cm³/mol. The molecule has 1 atom stereocenters. The van der Waals surface area contributed by atoms with Crippen LogP contribution in [-0.4, -0.2) is 37.1 Å². The van der Waals surface area contributed by atoms with Crippen LogP contribution >= 0.6 is 0 Å². The zero-order chi connectivity index (χ0) is 12.2. The Hall–Kier alpha value is -0.0800. The maximum atomic E-state index is 3.57. The number of rotatable bonds is 2. The quantitative estimate of drug-likeness (QED) is 0.810. The molecule has 2 heteroatoms. The second-order valence-electron chi connectivity index (χ2n) is 6.77. The molecular weight excluding hydrogens is 220 g/mol. The molecule has 1 unspecified atom stereocenters. The first-order valence-electron chi connectivity index (χ1n) is 8.38. The van der Waals surface area contributed by atoms with Crippen LogP contribution in [0.5, 0.6) is 0 Å². The zero-order valence-electron chi connectivity index (χ0n) is 11.9. The molecular formula is C16H30N2. The number of nitrogens with zero attached hydrogens (tertiary/aromatic N) is 1. The molecule has 0 aromatic rings. The lowest BCUT2D eigenvalue weighted by atomic mass is 9.75. The van der Waals surface area contributed by atoms with Crippen molar-refractivity contribution in [2.24, 2.45) is 11.8 Å². The summed E-state index contributed by atoms with van der Waals surface area (Å²) in [5.74, 6) is 2.16. The Morgan fingerprint density at radius 3 is 2.11 bits per heavy atom. The second-order valence-corrected chi connectivity index (χ2v) is 6.77. The summed E-state index contributed by atoms with van der Waals surface area (Å²) in [7, 11) is 0. The van der Waals surface area contributed by atoms with Gasteiger partial charge >= 0.3 is 0 Å². The van der Waals surface area contributed by atoms with Crippen molar-refractivity contribution in [1.29, 1.82) is 0 Å². The van der Waals surface area contributed by atoms with E-state index in [1.165, 1.54) is 84.0 Å². The fraction of sp³-hybridized carbons (Fsp3) is 1.00. The standard InChI is InChI=1S/C16H30N2/c1-2-5-14(6-3-1)15-8-11-18(12-9-15)16-7-4-10-17-13-16/h14-17H,1-13H2. The lowest BCUT2D eigenvalue weighted by Crippen LogP contribution is -2.49. The molecule has 1 saturated carbocycles. The molecule has 104 valence electrons. The first-order chi connectivity index (χ1) is 8.93. The maximum absolute atomic E-state index is 3.57. The van der Waals surface area contributed by atoms with Crippen LogP contribution in [0.3, 0.4) is 0 Å². The number of nitrogens with one attached hydrogen (secondary N) is 1. The smallest absolute Gasteiger partial charge is 0.0221 e. The molecule has 0 bridgehead atoms. The van der Waals surface area contributed by atoms with E-state index in [1.807, 2.05) is 0 Å². The third kappa shape index (κ3) is 3.08. The van der Waals surface area contributed by atoms with Crippen molar-refractivity contribution in [3.05, 3.63) is 0 Å². The lowest BCUT2D eigenvalue weighted by Gasteiger charge is -2.42. The van der Waals surface area contributed by atoms with Gasteiger partial charge in [0.15, 0.2) is 0 Å². The van der Waals surface area contributed by atoms with E-state index >= 15 is 0 Å². The van der Waals surface area contributed by atoms with Crippen LogP contribution in [-0.2, 0) is 0 Å². The summed E-state index contributed by atoms with van der Waals surface area (Å²) in [6.07, 6.45) is 13.4. The van der Waals surface area contributed by atoms with Crippen LogP contribution in [0.4, 0.5) is 0 Å². The summed E-state index contributed by atoms with van der Waals surface area (Å²) in [6, 6.07) is 0.853. The summed E-state index contributed by atoms with van der Waals surface area (Å²) in [5.41, 5.74) is 0. The van der Waals surface area contributed by atoms with Crippen LogP contribution < -0.4 is 5.32 Å². The van der Waals surface area contributed by atoms with Gasteiger partial charge in [0.25, 0.3) is 0 Å². The van der Waals surface area contributed by atoms with Crippen LogP contribution in [0.1, 0.15) is 57.8 Å². The molecule has 18 heavy (non-hydrogen) atoms. The molecule has 3 fully saturated rings. The van der Waals surface area contributed by atoms with Crippen molar-refractivity contribution >= 4 is 0 Å². The molecule has 3 rings (SSSR count). The predicted octanol–water partition coefficient (Wildman–Crippen LogP) is 3.03.